The quantitative estimate of drug-likeness (QED) is 0.311. The van der Waals surface area contributed by atoms with Crippen LogP contribution >= 0.6 is 0 Å². The molecule has 6 heteroatoms. The molecule has 0 aliphatic heterocycles. The van der Waals surface area contributed by atoms with E-state index in [-0.39, 0.29) is 6.79 Å². The van der Waals surface area contributed by atoms with Gasteiger partial charge in [0.15, 0.2) is 6.23 Å². The zero-order valence-electron chi connectivity index (χ0n) is 9.19. The Morgan fingerprint density at radius 3 is 2.14 bits per heavy atom. The lowest BCUT2D eigenvalue weighted by molar-refractivity contribution is -0.406. The Labute approximate surface area is 84.5 Å². The summed E-state index contributed by atoms with van der Waals surface area (Å²) in [4.78, 5) is 9.75. The van der Waals surface area contributed by atoms with Crippen molar-refractivity contribution in [2.75, 3.05) is 41.3 Å². The van der Waals surface area contributed by atoms with E-state index in [1.165, 1.54) is 19.4 Å². The molecule has 0 spiro atoms. The number of hydrogen-bond donors (Lipinski definition) is 0. The summed E-state index contributed by atoms with van der Waals surface area (Å²) in [6, 6.07) is 0. The normalized spacial score (nSPS) is 13.5. The second kappa shape index (κ2) is 9.32. The summed E-state index contributed by atoms with van der Waals surface area (Å²) in [5.74, 6) is 0. The third-order valence-corrected chi connectivity index (χ3v) is 1.50. The predicted octanol–water partition coefficient (Wildman–Crippen LogP) is 0.394. The molecule has 0 fully saturated rings. The van der Waals surface area contributed by atoms with Gasteiger partial charge in [-0.2, -0.15) is 0 Å². The van der Waals surface area contributed by atoms with Crippen LogP contribution in [0.2, 0.25) is 0 Å². The molecule has 0 aromatic carbocycles. The largest absolute Gasteiger partial charge is 0.359 e. The van der Waals surface area contributed by atoms with Crippen molar-refractivity contribution in [3.8, 4) is 0 Å². The van der Waals surface area contributed by atoms with Gasteiger partial charge in [0.1, 0.15) is 6.79 Å². The molecule has 0 aliphatic rings. The van der Waals surface area contributed by atoms with Crippen molar-refractivity contribution in [3.05, 3.63) is 0 Å². The Morgan fingerprint density at radius 1 is 1.07 bits per heavy atom. The molecule has 86 valence electrons. The number of hydroxylamine groups is 2. The van der Waals surface area contributed by atoms with E-state index in [1.807, 2.05) is 6.92 Å². The number of rotatable bonds is 9. The van der Waals surface area contributed by atoms with E-state index in [9.17, 15) is 0 Å². The molecule has 0 radical (unpaired) electrons. The molecular formula is C8H19NO5. The summed E-state index contributed by atoms with van der Waals surface area (Å²) in [5.41, 5.74) is 0. The van der Waals surface area contributed by atoms with Gasteiger partial charge in [-0.15, -0.1) is 0 Å². The Hall–Kier alpha value is -0.240. The second-order valence-electron chi connectivity index (χ2n) is 2.32. The van der Waals surface area contributed by atoms with Gasteiger partial charge in [0.2, 0.25) is 0 Å². The van der Waals surface area contributed by atoms with Crippen molar-refractivity contribution in [2.45, 2.75) is 13.2 Å². The first-order chi connectivity index (χ1) is 6.79. The molecule has 0 rings (SSSR count). The monoisotopic (exact) mass is 209 g/mol. The topological polar surface area (TPSA) is 49.4 Å². The number of hydrogen-bond acceptors (Lipinski definition) is 6. The number of ether oxygens (including phenoxy) is 3. The summed E-state index contributed by atoms with van der Waals surface area (Å²) < 4.78 is 15.2. The minimum Gasteiger partial charge on any atom is -0.359 e. The molecule has 0 amide bonds. The van der Waals surface area contributed by atoms with Crippen LogP contribution < -0.4 is 0 Å². The molecule has 1 unspecified atom stereocenters. The average Bonchev–Trinajstić information content (AvgIpc) is 2.23. The standard InChI is InChI=1S/C8H19NO5/c1-5-13-7-14-6-8(10-2)9(11-3)12-4/h8H,5-7H2,1-4H3. The van der Waals surface area contributed by atoms with Gasteiger partial charge < -0.3 is 14.2 Å². The van der Waals surface area contributed by atoms with Crippen LogP contribution in [-0.2, 0) is 23.9 Å². The molecule has 0 bridgehead atoms. The van der Waals surface area contributed by atoms with Gasteiger partial charge in [0, 0.05) is 13.7 Å². The molecule has 14 heavy (non-hydrogen) atoms. The van der Waals surface area contributed by atoms with Crippen LogP contribution in [0.4, 0.5) is 0 Å². The van der Waals surface area contributed by atoms with Gasteiger partial charge in [0.05, 0.1) is 20.8 Å². The lowest BCUT2D eigenvalue weighted by atomic mass is 10.6. The third kappa shape index (κ3) is 5.48. The van der Waals surface area contributed by atoms with E-state index < -0.39 is 6.23 Å². The highest BCUT2D eigenvalue weighted by Crippen LogP contribution is 2.01. The SMILES string of the molecule is CCOCOCC(OC)N(OC)OC. The smallest absolute Gasteiger partial charge is 0.183 e. The predicted molar refractivity (Wildman–Crippen MR) is 49.1 cm³/mol. The van der Waals surface area contributed by atoms with Crippen molar-refractivity contribution < 1.29 is 23.9 Å². The maximum Gasteiger partial charge on any atom is 0.183 e. The average molecular weight is 209 g/mol. The molecule has 0 aromatic rings. The van der Waals surface area contributed by atoms with Crippen molar-refractivity contribution >= 4 is 0 Å². The Balaban J connectivity index is 3.65. The fraction of sp³-hybridized carbons (Fsp3) is 1.00. The van der Waals surface area contributed by atoms with Crippen LogP contribution in [0.3, 0.4) is 0 Å². The maximum atomic E-state index is 5.16. The fourth-order valence-corrected chi connectivity index (χ4v) is 0.816. The van der Waals surface area contributed by atoms with Crippen LogP contribution in [-0.4, -0.2) is 52.8 Å². The molecular weight excluding hydrogens is 190 g/mol. The highest BCUT2D eigenvalue weighted by Gasteiger charge is 2.17. The van der Waals surface area contributed by atoms with Crippen molar-refractivity contribution in [1.29, 1.82) is 0 Å². The van der Waals surface area contributed by atoms with E-state index in [1.54, 1.807) is 7.11 Å². The minimum atomic E-state index is -0.412. The van der Waals surface area contributed by atoms with Crippen LogP contribution in [0, 0.1) is 0 Å². The molecule has 1 atom stereocenters. The lowest BCUT2D eigenvalue weighted by Gasteiger charge is -2.24. The van der Waals surface area contributed by atoms with Crippen LogP contribution in [0.5, 0.6) is 0 Å². The zero-order valence-corrected chi connectivity index (χ0v) is 9.19. The van der Waals surface area contributed by atoms with E-state index in [4.69, 9.17) is 23.9 Å². The van der Waals surface area contributed by atoms with Crippen LogP contribution in [0.25, 0.3) is 0 Å². The van der Waals surface area contributed by atoms with Gasteiger partial charge >= 0.3 is 0 Å². The second-order valence-corrected chi connectivity index (χ2v) is 2.32. The number of nitrogens with zero attached hydrogens (tertiary/aromatic N) is 1. The fourth-order valence-electron chi connectivity index (χ4n) is 0.816. The molecule has 0 aliphatic carbocycles. The summed E-state index contributed by atoms with van der Waals surface area (Å²) in [7, 11) is 4.51. The van der Waals surface area contributed by atoms with E-state index in [2.05, 4.69) is 0 Å². The van der Waals surface area contributed by atoms with Crippen molar-refractivity contribution in [2.24, 2.45) is 0 Å². The molecule has 0 saturated carbocycles. The summed E-state index contributed by atoms with van der Waals surface area (Å²) in [6.07, 6.45) is -0.412. The van der Waals surface area contributed by atoms with E-state index in [0.29, 0.717) is 13.2 Å². The minimum absolute atomic E-state index is 0.234. The molecule has 0 saturated heterocycles. The van der Waals surface area contributed by atoms with Gasteiger partial charge in [-0.25, -0.2) is 0 Å². The van der Waals surface area contributed by atoms with E-state index >= 15 is 0 Å². The highest BCUT2D eigenvalue weighted by atomic mass is 17.0. The molecule has 0 heterocycles. The summed E-state index contributed by atoms with van der Waals surface area (Å²) in [5, 5.41) is 1.20. The van der Waals surface area contributed by atoms with Crippen LogP contribution in [0.15, 0.2) is 0 Å². The third-order valence-electron chi connectivity index (χ3n) is 1.50. The molecule has 0 N–H and O–H groups in total. The maximum absolute atomic E-state index is 5.16. The first-order valence-corrected chi connectivity index (χ1v) is 4.35. The van der Waals surface area contributed by atoms with Gasteiger partial charge in [0.25, 0.3) is 0 Å². The Bertz CT molecular complexity index is 120. The lowest BCUT2D eigenvalue weighted by Crippen LogP contribution is -2.38. The molecule has 6 nitrogen and oxygen atoms in total. The molecule has 0 aromatic heterocycles. The Kier molecular flexibility index (Phi) is 9.16. The van der Waals surface area contributed by atoms with Crippen LogP contribution in [0.1, 0.15) is 6.92 Å². The summed E-state index contributed by atoms with van der Waals surface area (Å²) in [6.45, 7) is 3.06. The van der Waals surface area contributed by atoms with Gasteiger partial charge in [-0.1, -0.05) is 0 Å². The van der Waals surface area contributed by atoms with E-state index in [0.717, 1.165) is 0 Å². The van der Waals surface area contributed by atoms with Crippen molar-refractivity contribution in [3.63, 3.8) is 0 Å². The first kappa shape index (κ1) is 13.8. The van der Waals surface area contributed by atoms with Gasteiger partial charge in [-0.3, -0.25) is 9.68 Å². The van der Waals surface area contributed by atoms with Gasteiger partial charge in [-0.05, 0) is 12.2 Å². The Morgan fingerprint density at radius 2 is 1.71 bits per heavy atom. The first-order valence-electron chi connectivity index (χ1n) is 4.35. The van der Waals surface area contributed by atoms with Crippen molar-refractivity contribution in [1.82, 2.24) is 5.23 Å². The number of methoxy groups -OCH3 is 1. The zero-order chi connectivity index (χ0) is 10.8. The summed E-state index contributed by atoms with van der Waals surface area (Å²) >= 11 is 0. The highest BCUT2D eigenvalue weighted by molar-refractivity contribution is 4.43.